The summed E-state index contributed by atoms with van der Waals surface area (Å²) in [5.74, 6) is 0. The summed E-state index contributed by atoms with van der Waals surface area (Å²) in [5, 5.41) is 11.0. The molecule has 0 unspecified atom stereocenters. The van der Waals surface area contributed by atoms with E-state index in [1.54, 1.807) is 13.0 Å². The lowest BCUT2D eigenvalue weighted by Gasteiger charge is -2.31. The average Bonchev–Trinajstić information content (AvgIpc) is 2.62. The van der Waals surface area contributed by atoms with E-state index >= 15 is 0 Å². The van der Waals surface area contributed by atoms with Crippen LogP contribution in [0.1, 0.15) is 11.1 Å². The van der Waals surface area contributed by atoms with Crippen molar-refractivity contribution in [3.63, 3.8) is 0 Å². The minimum absolute atomic E-state index is 0.158. The molecule has 0 radical (unpaired) electrons. The Labute approximate surface area is 147 Å². The molecule has 25 heavy (non-hydrogen) atoms. The van der Waals surface area contributed by atoms with E-state index in [9.17, 15) is 10.1 Å². The van der Waals surface area contributed by atoms with Gasteiger partial charge in [0.25, 0.3) is 5.69 Å². The molecule has 2 aromatic carbocycles. The van der Waals surface area contributed by atoms with Crippen LogP contribution in [0.5, 0.6) is 0 Å². The van der Waals surface area contributed by atoms with Crippen LogP contribution in [0, 0.1) is 17.0 Å². The van der Waals surface area contributed by atoms with Gasteiger partial charge in [-0.2, -0.15) is 0 Å². The molecule has 6 heteroatoms. The number of hydrogen-bond donors (Lipinski definition) is 0. The van der Waals surface area contributed by atoms with Gasteiger partial charge in [-0.1, -0.05) is 18.2 Å². The first-order chi connectivity index (χ1) is 12.1. The van der Waals surface area contributed by atoms with Gasteiger partial charge >= 0.3 is 0 Å². The molecule has 0 aliphatic carbocycles. The number of aryl methyl sites for hydroxylation is 1. The lowest BCUT2D eigenvalue weighted by molar-refractivity contribution is -0.385. The number of hydrogen-bond acceptors (Lipinski definition) is 5. The maximum Gasteiger partial charge on any atom is 0.272 e. The molecule has 0 amide bonds. The SMILES string of the molecule is Cc1cc(N(C)Cc2ccccc2N2CCOCC2)ccc1[N+](=O)[O-]. The zero-order chi connectivity index (χ0) is 17.8. The molecule has 1 aliphatic rings. The van der Waals surface area contributed by atoms with Gasteiger partial charge in [-0.15, -0.1) is 0 Å². The second-order valence-corrected chi connectivity index (χ2v) is 6.31. The fourth-order valence-corrected chi connectivity index (χ4v) is 3.19. The Bertz CT molecular complexity index is 757. The van der Waals surface area contributed by atoms with Crippen molar-refractivity contribution in [3.8, 4) is 0 Å². The molecule has 0 bridgehead atoms. The zero-order valence-electron chi connectivity index (χ0n) is 14.6. The summed E-state index contributed by atoms with van der Waals surface area (Å²) >= 11 is 0. The molecular weight excluding hydrogens is 318 g/mol. The van der Waals surface area contributed by atoms with E-state index < -0.39 is 0 Å². The van der Waals surface area contributed by atoms with Crippen molar-refractivity contribution in [1.82, 2.24) is 0 Å². The highest BCUT2D eigenvalue weighted by molar-refractivity contribution is 5.58. The summed E-state index contributed by atoms with van der Waals surface area (Å²) in [4.78, 5) is 15.1. The molecule has 0 aromatic heterocycles. The van der Waals surface area contributed by atoms with Crippen LogP contribution in [0.15, 0.2) is 42.5 Å². The second kappa shape index (κ2) is 7.53. The van der Waals surface area contributed by atoms with Crippen LogP contribution in [-0.2, 0) is 11.3 Å². The fourth-order valence-electron chi connectivity index (χ4n) is 3.19. The minimum Gasteiger partial charge on any atom is -0.378 e. The van der Waals surface area contributed by atoms with Crippen LogP contribution < -0.4 is 9.80 Å². The van der Waals surface area contributed by atoms with Crippen molar-refractivity contribution in [2.75, 3.05) is 43.2 Å². The number of morpholine rings is 1. The summed E-state index contributed by atoms with van der Waals surface area (Å²) in [6, 6.07) is 13.7. The van der Waals surface area contributed by atoms with Crippen molar-refractivity contribution < 1.29 is 9.66 Å². The van der Waals surface area contributed by atoms with Gasteiger partial charge in [-0.25, -0.2) is 0 Å². The van der Waals surface area contributed by atoms with Gasteiger partial charge in [0.05, 0.1) is 18.1 Å². The number of nitro benzene ring substituents is 1. The molecule has 1 aliphatic heterocycles. The van der Waals surface area contributed by atoms with Crippen molar-refractivity contribution in [2.45, 2.75) is 13.5 Å². The van der Waals surface area contributed by atoms with E-state index in [4.69, 9.17) is 4.74 Å². The van der Waals surface area contributed by atoms with Gasteiger partial charge < -0.3 is 14.5 Å². The number of nitrogens with zero attached hydrogens (tertiary/aromatic N) is 3. The first-order valence-corrected chi connectivity index (χ1v) is 8.43. The van der Waals surface area contributed by atoms with Gasteiger partial charge in [0.2, 0.25) is 0 Å². The third-order valence-corrected chi connectivity index (χ3v) is 4.57. The fraction of sp³-hybridized carbons (Fsp3) is 0.368. The summed E-state index contributed by atoms with van der Waals surface area (Å²) in [7, 11) is 2.01. The summed E-state index contributed by atoms with van der Waals surface area (Å²) in [6.07, 6.45) is 0. The van der Waals surface area contributed by atoms with Crippen LogP contribution in [0.3, 0.4) is 0 Å². The molecule has 0 N–H and O–H groups in total. The summed E-state index contributed by atoms with van der Waals surface area (Å²) in [6.45, 7) is 5.83. The van der Waals surface area contributed by atoms with E-state index in [-0.39, 0.29) is 10.6 Å². The van der Waals surface area contributed by atoms with Crippen molar-refractivity contribution in [2.24, 2.45) is 0 Å². The molecule has 0 spiro atoms. The van der Waals surface area contributed by atoms with E-state index in [1.165, 1.54) is 11.3 Å². The number of benzene rings is 2. The van der Waals surface area contributed by atoms with E-state index in [2.05, 4.69) is 28.0 Å². The van der Waals surface area contributed by atoms with Gasteiger partial charge in [-0.3, -0.25) is 10.1 Å². The van der Waals surface area contributed by atoms with Crippen molar-refractivity contribution in [1.29, 1.82) is 0 Å². The molecule has 3 rings (SSSR count). The predicted molar refractivity (Wildman–Crippen MR) is 99.4 cm³/mol. The van der Waals surface area contributed by atoms with Crippen molar-refractivity contribution >= 4 is 17.1 Å². The molecule has 6 nitrogen and oxygen atoms in total. The normalized spacial score (nSPS) is 14.4. The number of rotatable bonds is 5. The topological polar surface area (TPSA) is 58.8 Å². The number of ether oxygens (including phenoxy) is 1. The Morgan fingerprint density at radius 3 is 2.60 bits per heavy atom. The van der Waals surface area contributed by atoms with Crippen LogP contribution in [0.25, 0.3) is 0 Å². The van der Waals surface area contributed by atoms with Gasteiger partial charge in [0, 0.05) is 49.7 Å². The predicted octanol–water partition coefficient (Wildman–Crippen LogP) is 3.38. The lowest BCUT2D eigenvalue weighted by atomic mass is 10.1. The van der Waals surface area contributed by atoms with Crippen molar-refractivity contribution in [3.05, 3.63) is 63.7 Å². The highest BCUT2D eigenvalue weighted by atomic mass is 16.6. The molecule has 1 fully saturated rings. The Kier molecular flexibility index (Phi) is 5.19. The Morgan fingerprint density at radius 2 is 1.92 bits per heavy atom. The van der Waals surface area contributed by atoms with Gasteiger partial charge in [0.1, 0.15) is 0 Å². The van der Waals surface area contributed by atoms with Crippen LogP contribution in [0.4, 0.5) is 17.1 Å². The van der Waals surface area contributed by atoms with E-state index in [1.807, 2.05) is 25.2 Å². The maximum atomic E-state index is 11.0. The molecule has 132 valence electrons. The van der Waals surface area contributed by atoms with E-state index in [0.29, 0.717) is 5.56 Å². The van der Waals surface area contributed by atoms with Gasteiger partial charge in [0.15, 0.2) is 0 Å². The maximum absolute atomic E-state index is 11.0. The summed E-state index contributed by atoms with van der Waals surface area (Å²) < 4.78 is 5.45. The largest absolute Gasteiger partial charge is 0.378 e. The molecule has 1 heterocycles. The number of anilines is 2. The van der Waals surface area contributed by atoms with E-state index in [0.717, 1.165) is 38.5 Å². The van der Waals surface area contributed by atoms with Gasteiger partial charge in [-0.05, 0) is 30.7 Å². The third kappa shape index (κ3) is 3.91. The summed E-state index contributed by atoms with van der Waals surface area (Å²) in [5.41, 5.74) is 4.28. The molecule has 0 saturated carbocycles. The quantitative estimate of drug-likeness (QED) is 0.616. The first kappa shape index (κ1) is 17.2. The van der Waals surface area contributed by atoms with Crippen LogP contribution >= 0.6 is 0 Å². The highest BCUT2D eigenvalue weighted by Crippen LogP contribution is 2.27. The highest BCUT2D eigenvalue weighted by Gasteiger charge is 2.16. The Balaban J connectivity index is 1.80. The Morgan fingerprint density at radius 1 is 1.20 bits per heavy atom. The van der Waals surface area contributed by atoms with Crippen LogP contribution in [-0.4, -0.2) is 38.3 Å². The standard InChI is InChI=1S/C19H23N3O3/c1-15-13-17(7-8-18(15)22(23)24)20(2)14-16-5-3-4-6-19(16)21-9-11-25-12-10-21/h3-8,13H,9-12,14H2,1-2H3. The zero-order valence-corrected chi connectivity index (χ0v) is 14.6. The lowest BCUT2D eigenvalue weighted by Crippen LogP contribution is -2.37. The smallest absolute Gasteiger partial charge is 0.272 e. The average molecular weight is 341 g/mol. The number of para-hydroxylation sites is 1. The molecule has 1 saturated heterocycles. The monoisotopic (exact) mass is 341 g/mol. The molecule has 2 aromatic rings. The second-order valence-electron chi connectivity index (χ2n) is 6.31. The minimum atomic E-state index is -0.340. The first-order valence-electron chi connectivity index (χ1n) is 8.43. The third-order valence-electron chi connectivity index (χ3n) is 4.57. The molecular formula is C19H23N3O3. The Hall–Kier alpha value is -2.60. The van der Waals surface area contributed by atoms with Crippen LogP contribution in [0.2, 0.25) is 0 Å². The number of nitro groups is 1. The molecule has 0 atom stereocenters.